The zero-order valence-corrected chi connectivity index (χ0v) is 10.8. The van der Waals surface area contributed by atoms with Gasteiger partial charge in [0.2, 0.25) is 5.91 Å². The fraction of sp³-hybridized carbons (Fsp3) is 0.188. The normalized spacial score (nSPS) is 18.9. The molecule has 0 bridgehead atoms. The van der Waals surface area contributed by atoms with Crippen LogP contribution in [0.5, 0.6) is 0 Å². The predicted octanol–water partition coefficient (Wildman–Crippen LogP) is 2.34. The van der Waals surface area contributed by atoms with Crippen molar-refractivity contribution < 1.29 is 4.79 Å². The van der Waals surface area contributed by atoms with Crippen molar-refractivity contribution in [2.24, 2.45) is 0 Å². The standard InChI is InChI=1S/C16H16N2O/c1-18-14-10-6-5-9-13(14)16(17-11-15(18)19)12-7-3-2-4-8-12/h2-10,16-17H,11H2,1H3. The van der Waals surface area contributed by atoms with Gasteiger partial charge in [-0.1, -0.05) is 48.5 Å². The number of nitrogens with one attached hydrogen (secondary N) is 1. The number of hydrogen-bond acceptors (Lipinski definition) is 2. The van der Waals surface area contributed by atoms with E-state index in [-0.39, 0.29) is 11.9 Å². The van der Waals surface area contributed by atoms with Gasteiger partial charge in [-0.05, 0) is 17.2 Å². The van der Waals surface area contributed by atoms with Gasteiger partial charge in [0.15, 0.2) is 0 Å². The molecule has 0 spiro atoms. The molecule has 96 valence electrons. The minimum absolute atomic E-state index is 0.0614. The highest BCUT2D eigenvalue weighted by molar-refractivity contribution is 5.96. The number of para-hydroxylation sites is 1. The number of benzene rings is 2. The van der Waals surface area contributed by atoms with Crippen molar-refractivity contribution in [1.82, 2.24) is 5.32 Å². The predicted molar refractivity (Wildman–Crippen MR) is 76.1 cm³/mol. The second-order valence-electron chi connectivity index (χ2n) is 4.74. The number of fused-ring (bicyclic) bond motifs is 1. The molecule has 1 heterocycles. The van der Waals surface area contributed by atoms with Crippen LogP contribution in [0.2, 0.25) is 0 Å². The first kappa shape index (κ1) is 11.9. The van der Waals surface area contributed by atoms with Crippen LogP contribution in [0.15, 0.2) is 54.6 Å². The van der Waals surface area contributed by atoms with Crippen LogP contribution in [0.4, 0.5) is 5.69 Å². The van der Waals surface area contributed by atoms with Gasteiger partial charge in [0.1, 0.15) is 0 Å². The average Bonchev–Trinajstić information content (AvgIpc) is 2.59. The van der Waals surface area contributed by atoms with Crippen molar-refractivity contribution in [3.05, 3.63) is 65.7 Å². The van der Waals surface area contributed by atoms with Crippen LogP contribution in [0.3, 0.4) is 0 Å². The van der Waals surface area contributed by atoms with Gasteiger partial charge >= 0.3 is 0 Å². The van der Waals surface area contributed by atoms with Crippen molar-refractivity contribution >= 4 is 11.6 Å². The third-order valence-electron chi connectivity index (χ3n) is 3.57. The van der Waals surface area contributed by atoms with E-state index in [4.69, 9.17) is 0 Å². The molecule has 1 unspecified atom stereocenters. The van der Waals surface area contributed by atoms with Crippen LogP contribution in [-0.4, -0.2) is 19.5 Å². The number of hydrogen-bond donors (Lipinski definition) is 1. The molecule has 3 rings (SSSR count). The van der Waals surface area contributed by atoms with E-state index in [2.05, 4.69) is 23.5 Å². The summed E-state index contributed by atoms with van der Waals surface area (Å²) in [6.07, 6.45) is 0. The van der Waals surface area contributed by atoms with Gasteiger partial charge in [0, 0.05) is 12.7 Å². The Morgan fingerprint density at radius 2 is 1.74 bits per heavy atom. The van der Waals surface area contributed by atoms with E-state index in [0.717, 1.165) is 11.3 Å². The van der Waals surface area contributed by atoms with Gasteiger partial charge in [0.25, 0.3) is 0 Å². The number of carbonyl (C=O) groups excluding carboxylic acids is 1. The highest BCUT2D eigenvalue weighted by atomic mass is 16.2. The molecule has 0 fully saturated rings. The summed E-state index contributed by atoms with van der Waals surface area (Å²) in [6, 6.07) is 18.3. The molecule has 0 aliphatic carbocycles. The Balaban J connectivity index is 2.12. The Morgan fingerprint density at radius 3 is 2.53 bits per heavy atom. The van der Waals surface area contributed by atoms with Crippen molar-refractivity contribution in [2.75, 3.05) is 18.5 Å². The molecule has 1 N–H and O–H groups in total. The molecule has 2 aromatic carbocycles. The maximum absolute atomic E-state index is 12.0. The van der Waals surface area contributed by atoms with Gasteiger partial charge in [0.05, 0.1) is 12.6 Å². The number of carbonyl (C=O) groups is 1. The molecule has 0 radical (unpaired) electrons. The summed E-state index contributed by atoms with van der Waals surface area (Å²) < 4.78 is 0. The third kappa shape index (κ3) is 2.13. The molecule has 2 aromatic rings. The Kier molecular flexibility index (Phi) is 3.05. The van der Waals surface area contributed by atoms with E-state index >= 15 is 0 Å². The number of likely N-dealkylation sites (N-methyl/N-ethyl adjacent to an activating group) is 1. The van der Waals surface area contributed by atoms with Gasteiger partial charge in [-0.25, -0.2) is 0 Å². The Morgan fingerprint density at radius 1 is 1.05 bits per heavy atom. The number of anilines is 1. The fourth-order valence-electron chi connectivity index (χ4n) is 2.53. The molecule has 0 aromatic heterocycles. The average molecular weight is 252 g/mol. The summed E-state index contributed by atoms with van der Waals surface area (Å²) in [5.74, 6) is 0.0888. The zero-order chi connectivity index (χ0) is 13.2. The monoisotopic (exact) mass is 252 g/mol. The zero-order valence-electron chi connectivity index (χ0n) is 10.8. The fourth-order valence-corrected chi connectivity index (χ4v) is 2.53. The summed E-state index contributed by atoms with van der Waals surface area (Å²) in [5.41, 5.74) is 3.30. The van der Waals surface area contributed by atoms with Crippen molar-refractivity contribution in [3.63, 3.8) is 0 Å². The van der Waals surface area contributed by atoms with E-state index in [1.54, 1.807) is 4.90 Å². The first-order valence-electron chi connectivity index (χ1n) is 6.41. The lowest BCUT2D eigenvalue weighted by Gasteiger charge is -2.20. The van der Waals surface area contributed by atoms with Gasteiger partial charge in [-0.15, -0.1) is 0 Å². The first-order valence-corrected chi connectivity index (χ1v) is 6.41. The lowest BCUT2D eigenvalue weighted by Crippen LogP contribution is -2.33. The maximum atomic E-state index is 12.0. The van der Waals surface area contributed by atoms with E-state index in [0.29, 0.717) is 6.54 Å². The van der Waals surface area contributed by atoms with E-state index in [9.17, 15) is 4.79 Å². The lowest BCUT2D eigenvalue weighted by molar-refractivity contribution is -0.117. The molecule has 1 amide bonds. The van der Waals surface area contributed by atoms with Crippen molar-refractivity contribution in [1.29, 1.82) is 0 Å². The quantitative estimate of drug-likeness (QED) is 0.845. The SMILES string of the molecule is CN1C(=O)CNC(c2ccccc2)c2ccccc21. The summed E-state index contributed by atoms with van der Waals surface area (Å²) >= 11 is 0. The summed E-state index contributed by atoms with van der Waals surface area (Å²) in [6.45, 7) is 0.352. The topological polar surface area (TPSA) is 32.3 Å². The summed E-state index contributed by atoms with van der Waals surface area (Å²) in [4.78, 5) is 13.7. The molecule has 3 heteroatoms. The highest BCUT2D eigenvalue weighted by Crippen LogP contribution is 2.31. The summed E-state index contributed by atoms with van der Waals surface area (Å²) in [7, 11) is 1.83. The Bertz CT molecular complexity index is 595. The second-order valence-corrected chi connectivity index (χ2v) is 4.74. The molecule has 0 saturated heterocycles. The minimum atomic E-state index is 0.0614. The van der Waals surface area contributed by atoms with Crippen LogP contribution in [0.1, 0.15) is 17.2 Å². The second kappa shape index (κ2) is 4.86. The lowest BCUT2D eigenvalue weighted by atomic mass is 9.97. The van der Waals surface area contributed by atoms with Gasteiger partial charge in [-0.3, -0.25) is 10.1 Å². The van der Waals surface area contributed by atoms with Crippen LogP contribution in [-0.2, 0) is 4.79 Å². The summed E-state index contributed by atoms with van der Waals surface area (Å²) in [5, 5.41) is 3.34. The largest absolute Gasteiger partial charge is 0.314 e. The molecular formula is C16H16N2O. The molecular weight excluding hydrogens is 236 g/mol. The Hall–Kier alpha value is -2.13. The van der Waals surface area contributed by atoms with Gasteiger partial charge < -0.3 is 4.90 Å². The van der Waals surface area contributed by atoms with E-state index in [1.165, 1.54) is 5.56 Å². The number of nitrogens with zero attached hydrogens (tertiary/aromatic N) is 1. The van der Waals surface area contributed by atoms with Crippen LogP contribution < -0.4 is 10.2 Å². The van der Waals surface area contributed by atoms with Gasteiger partial charge in [-0.2, -0.15) is 0 Å². The molecule has 0 saturated carbocycles. The first-order chi connectivity index (χ1) is 9.27. The van der Waals surface area contributed by atoms with Crippen LogP contribution in [0.25, 0.3) is 0 Å². The minimum Gasteiger partial charge on any atom is -0.314 e. The molecule has 1 aliphatic heterocycles. The van der Waals surface area contributed by atoms with Crippen molar-refractivity contribution in [2.45, 2.75) is 6.04 Å². The molecule has 1 aliphatic rings. The molecule has 19 heavy (non-hydrogen) atoms. The van der Waals surface area contributed by atoms with E-state index < -0.39 is 0 Å². The Labute approximate surface area is 112 Å². The molecule has 1 atom stereocenters. The van der Waals surface area contributed by atoms with Crippen LogP contribution >= 0.6 is 0 Å². The van der Waals surface area contributed by atoms with Crippen LogP contribution in [0, 0.1) is 0 Å². The highest BCUT2D eigenvalue weighted by Gasteiger charge is 2.25. The van der Waals surface area contributed by atoms with Crippen molar-refractivity contribution in [3.8, 4) is 0 Å². The smallest absolute Gasteiger partial charge is 0.240 e. The molecule has 3 nitrogen and oxygen atoms in total. The number of amides is 1. The van der Waals surface area contributed by atoms with E-state index in [1.807, 2.05) is 43.4 Å². The third-order valence-corrected chi connectivity index (χ3v) is 3.57. The number of rotatable bonds is 1. The maximum Gasteiger partial charge on any atom is 0.240 e.